The lowest BCUT2D eigenvalue weighted by Crippen LogP contribution is -2.35. The second-order valence-electron chi connectivity index (χ2n) is 6.06. The first-order chi connectivity index (χ1) is 11.8. The van der Waals surface area contributed by atoms with E-state index >= 15 is 0 Å². The van der Waals surface area contributed by atoms with Crippen molar-refractivity contribution in [2.75, 3.05) is 13.6 Å². The van der Waals surface area contributed by atoms with Crippen molar-refractivity contribution in [3.63, 3.8) is 0 Å². The lowest BCUT2D eigenvalue weighted by atomic mass is 9.99. The van der Waals surface area contributed by atoms with E-state index in [-0.39, 0.29) is 11.8 Å². The predicted octanol–water partition coefficient (Wildman–Crippen LogP) is 3.17. The number of nitrogens with zero attached hydrogens (tertiary/aromatic N) is 4. The van der Waals surface area contributed by atoms with E-state index in [1.165, 1.54) is 20.8 Å². The summed E-state index contributed by atoms with van der Waals surface area (Å²) in [6, 6.07) is 3.59. The summed E-state index contributed by atoms with van der Waals surface area (Å²) in [4.78, 5) is 18.0. The number of alkyl halides is 3. The van der Waals surface area contributed by atoms with Crippen LogP contribution in [0, 0.1) is 17.2 Å². The highest BCUT2D eigenvalue weighted by molar-refractivity contribution is 7.12. The van der Waals surface area contributed by atoms with Crippen LogP contribution in [-0.2, 0) is 19.1 Å². The quantitative estimate of drug-likeness (QED) is 0.836. The van der Waals surface area contributed by atoms with Gasteiger partial charge < -0.3 is 9.47 Å². The van der Waals surface area contributed by atoms with Crippen LogP contribution in [0.3, 0.4) is 0 Å². The van der Waals surface area contributed by atoms with Gasteiger partial charge in [-0.05, 0) is 23.8 Å². The molecular weight excluding hydrogens is 353 g/mol. The van der Waals surface area contributed by atoms with E-state index in [1.807, 2.05) is 6.07 Å². The fraction of sp³-hybridized carbons (Fsp3) is 0.438. The van der Waals surface area contributed by atoms with Crippen LogP contribution in [0.2, 0.25) is 0 Å². The van der Waals surface area contributed by atoms with Gasteiger partial charge in [0.05, 0.1) is 5.56 Å². The van der Waals surface area contributed by atoms with Crippen LogP contribution in [0.5, 0.6) is 0 Å². The van der Waals surface area contributed by atoms with Crippen molar-refractivity contribution < 1.29 is 18.0 Å². The molecule has 1 aliphatic heterocycles. The highest BCUT2D eigenvalue weighted by Crippen LogP contribution is 2.31. The van der Waals surface area contributed by atoms with Crippen LogP contribution in [-0.4, -0.2) is 34.0 Å². The van der Waals surface area contributed by atoms with E-state index in [1.54, 1.807) is 18.5 Å². The number of nitriles is 1. The Bertz CT molecular complexity index is 833. The van der Waals surface area contributed by atoms with Gasteiger partial charge in [0.25, 0.3) is 5.91 Å². The third-order valence-electron chi connectivity index (χ3n) is 4.24. The van der Waals surface area contributed by atoms with Crippen LogP contribution in [0.1, 0.15) is 33.2 Å². The number of carbonyl (C=O) groups is 1. The molecule has 0 unspecified atom stereocenters. The number of aryl methyl sites for hydroxylation is 1. The number of halogens is 3. The minimum absolute atomic E-state index is 0.0437. The van der Waals surface area contributed by atoms with Crippen LogP contribution in [0.4, 0.5) is 13.2 Å². The number of imidazole rings is 1. The summed E-state index contributed by atoms with van der Waals surface area (Å²) in [6.07, 6.45) is -2.29. The van der Waals surface area contributed by atoms with Crippen molar-refractivity contribution >= 4 is 17.2 Å². The Labute approximate surface area is 146 Å². The fourth-order valence-corrected chi connectivity index (χ4v) is 3.84. The Morgan fingerprint density at radius 1 is 1.56 bits per heavy atom. The molecule has 132 valence electrons. The van der Waals surface area contributed by atoms with Crippen molar-refractivity contribution in [2.24, 2.45) is 5.92 Å². The Hall–Kier alpha value is -2.34. The number of amides is 1. The van der Waals surface area contributed by atoms with Crippen molar-refractivity contribution in [1.29, 1.82) is 5.26 Å². The minimum Gasteiger partial charge on any atom is -0.341 e. The second-order valence-corrected chi connectivity index (χ2v) is 6.97. The van der Waals surface area contributed by atoms with E-state index < -0.39 is 11.9 Å². The number of carbonyl (C=O) groups excluding carboxylic acids is 1. The molecule has 0 bridgehead atoms. The summed E-state index contributed by atoms with van der Waals surface area (Å²) in [7, 11) is 1.65. The Morgan fingerprint density at radius 2 is 2.32 bits per heavy atom. The predicted molar refractivity (Wildman–Crippen MR) is 85.0 cm³/mol. The molecule has 3 rings (SSSR count). The summed E-state index contributed by atoms with van der Waals surface area (Å²) in [5, 5.41) is 10.7. The molecule has 0 aromatic carbocycles. The Kier molecular flexibility index (Phi) is 4.56. The molecule has 1 aliphatic rings. The molecule has 3 heterocycles. The van der Waals surface area contributed by atoms with Gasteiger partial charge >= 0.3 is 6.18 Å². The number of fused-ring (bicyclic) bond motifs is 1. The average Bonchev–Trinajstić information content (AvgIpc) is 3.19. The highest BCUT2D eigenvalue weighted by Gasteiger charge is 2.36. The molecule has 0 saturated carbocycles. The number of aromatic nitrogens is 2. The van der Waals surface area contributed by atoms with Crippen LogP contribution in [0.15, 0.2) is 17.6 Å². The number of hydrogen-bond acceptors (Lipinski definition) is 4. The normalized spacial score (nSPS) is 17.0. The van der Waals surface area contributed by atoms with Gasteiger partial charge in [-0.2, -0.15) is 18.4 Å². The topological polar surface area (TPSA) is 61.9 Å². The maximum atomic E-state index is 12.8. The van der Waals surface area contributed by atoms with Crippen LogP contribution < -0.4 is 0 Å². The van der Waals surface area contributed by atoms with Crippen LogP contribution >= 0.6 is 11.3 Å². The molecule has 0 spiro atoms. The lowest BCUT2D eigenvalue weighted by Gasteiger charge is -2.28. The van der Waals surface area contributed by atoms with E-state index in [0.29, 0.717) is 42.2 Å². The first-order valence-electron chi connectivity index (χ1n) is 7.66. The first kappa shape index (κ1) is 17.5. The zero-order valence-corrected chi connectivity index (χ0v) is 14.2. The molecule has 2 aromatic rings. The van der Waals surface area contributed by atoms with Gasteiger partial charge in [0.15, 0.2) is 5.69 Å². The smallest absolute Gasteiger partial charge is 0.341 e. The van der Waals surface area contributed by atoms with Gasteiger partial charge in [0.1, 0.15) is 16.8 Å². The minimum atomic E-state index is -4.44. The van der Waals surface area contributed by atoms with Gasteiger partial charge in [-0.25, -0.2) is 4.98 Å². The highest BCUT2D eigenvalue weighted by atomic mass is 32.1. The maximum absolute atomic E-state index is 12.8. The summed E-state index contributed by atoms with van der Waals surface area (Å²) < 4.78 is 39.8. The molecule has 0 aliphatic carbocycles. The van der Waals surface area contributed by atoms with Gasteiger partial charge in [0, 0.05) is 32.8 Å². The van der Waals surface area contributed by atoms with E-state index in [9.17, 15) is 18.0 Å². The summed E-state index contributed by atoms with van der Waals surface area (Å²) >= 11 is 1.21. The van der Waals surface area contributed by atoms with Gasteiger partial charge in [-0.15, -0.1) is 11.3 Å². The van der Waals surface area contributed by atoms with Gasteiger partial charge in [0.2, 0.25) is 0 Å². The monoisotopic (exact) mass is 368 g/mol. The van der Waals surface area contributed by atoms with Crippen LogP contribution in [0.25, 0.3) is 0 Å². The Balaban J connectivity index is 1.68. The molecule has 0 N–H and O–H groups in total. The van der Waals surface area contributed by atoms with Crippen molar-refractivity contribution in [3.8, 4) is 6.07 Å². The summed E-state index contributed by atoms with van der Waals surface area (Å²) in [6.45, 7) is 0.812. The molecule has 0 radical (unpaired) electrons. The third-order valence-corrected chi connectivity index (χ3v) is 5.14. The van der Waals surface area contributed by atoms with Gasteiger partial charge in [-0.1, -0.05) is 0 Å². The molecule has 2 aromatic heterocycles. The zero-order chi connectivity index (χ0) is 18.2. The maximum Gasteiger partial charge on any atom is 0.434 e. The van der Waals surface area contributed by atoms with Crippen molar-refractivity contribution in [1.82, 2.24) is 14.5 Å². The van der Waals surface area contributed by atoms with Gasteiger partial charge in [-0.3, -0.25) is 4.79 Å². The molecule has 5 nitrogen and oxygen atoms in total. The molecule has 9 heteroatoms. The fourth-order valence-electron chi connectivity index (χ4n) is 3.01. The molecule has 1 amide bonds. The van der Waals surface area contributed by atoms with Crippen molar-refractivity contribution in [2.45, 2.75) is 25.6 Å². The molecule has 0 fully saturated rings. The summed E-state index contributed by atoms with van der Waals surface area (Å²) in [5.74, 6) is 0.240. The molecule has 25 heavy (non-hydrogen) atoms. The molecule has 1 atom stereocenters. The molecule has 0 saturated heterocycles. The number of rotatable bonds is 3. The average molecular weight is 368 g/mol. The SMILES string of the molecule is CN(C[C@@H]1CCc2nc(C(F)(F)F)cn2C1)C(=O)c1sccc1C#N. The second kappa shape index (κ2) is 6.52. The Morgan fingerprint density at radius 3 is 3.00 bits per heavy atom. The zero-order valence-electron chi connectivity index (χ0n) is 13.4. The van der Waals surface area contributed by atoms with Crippen molar-refractivity contribution in [3.05, 3.63) is 39.6 Å². The van der Waals surface area contributed by atoms with E-state index in [0.717, 1.165) is 6.20 Å². The lowest BCUT2D eigenvalue weighted by molar-refractivity contribution is -0.141. The number of hydrogen-bond donors (Lipinski definition) is 0. The third kappa shape index (κ3) is 3.54. The summed E-state index contributed by atoms with van der Waals surface area (Å²) in [5.41, 5.74) is -0.526. The number of thiophene rings is 1. The largest absolute Gasteiger partial charge is 0.434 e. The molecular formula is C16H15F3N4OS. The standard InChI is InChI=1S/C16H15F3N4OS/c1-22(15(24)14-11(6-20)4-5-25-14)7-10-2-3-13-21-12(16(17,18)19)9-23(13)8-10/h4-5,9-10H,2-3,7-8H2,1H3/t10-/m0/s1. The van der Waals surface area contributed by atoms with E-state index in [2.05, 4.69) is 4.98 Å². The van der Waals surface area contributed by atoms with E-state index in [4.69, 9.17) is 5.26 Å². The first-order valence-corrected chi connectivity index (χ1v) is 8.54.